The number of hydrogen-bond donors (Lipinski definition) is 1. The van der Waals surface area contributed by atoms with Gasteiger partial charge in [0.05, 0.1) is 0 Å². The molecule has 0 aliphatic rings. The van der Waals surface area contributed by atoms with E-state index >= 15 is 0 Å². The number of fused-ring (bicyclic) bond motifs is 1. The zero-order valence-electron chi connectivity index (χ0n) is 16.2. The predicted octanol–water partition coefficient (Wildman–Crippen LogP) is 3.99. The van der Waals surface area contributed by atoms with Gasteiger partial charge in [-0.2, -0.15) is 0 Å². The van der Waals surface area contributed by atoms with Crippen LogP contribution in [0, 0.1) is 0 Å². The molecule has 1 N–H and O–H groups in total. The molecular formula is C23H21NO5. The van der Waals surface area contributed by atoms with Crippen molar-refractivity contribution in [3.05, 3.63) is 72.3 Å². The Morgan fingerprint density at radius 2 is 1.62 bits per heavy atom. The molecule has 0 unspecified atom stereocenters. The fourth-order valence-corrected chi connectivity index (χ4v) is 2.72. The Bertz CT molecular complexity index is 1040. The summed E-state index contributed by atoms with van der Waals surface area (Å²) in [5, 5.41) is 4.71. The molecule has 3 rings (SSSR count). The van der Waals surface area contributed by atoms with Crippen molar-refractivity contribution in [2.24, 2.45) is 0 Å². The highest BCUT2D eigenvalue weighted by Crippen LogP contribution is 2.20. The van der Waals surface area contributed by atoms with E-state index in [1.807, 2.05) is 36.4 Å². The zero-order valence-corrected chi connectivity index (χ0v) is 16.2. The normalized spacial score (nSPS) is 11.5. The quantitative estimate of drug-likeness (QED) is 0.486. The minimum Gasteiger partial charge on any atom is -0.482 e. The first-order valence-corrected chi connectivity index (χ1v) is 9.15. The van der Waals surface area contributed by atoms with Crippen molar-refractivity contribution in [2.75, 3.05) is 11.9 Å². The van der Waals surface area contributed by atoms with Crippen LogP contribution in [0.25, 0.3) is 10.8 Å². The molecule has 3 aromatic carbocycles. The molecule has 0 aliphatic carbocycles. The first kappa shape index (κ1) is 20.1. The molecule has 0 spiro atoms. The van der Waals surface area contributed by atoms with E-state index in [9.17, 15) is 14.4 Å². The summed E-state index contributed by atoms with van der Waals surface area (Å²) in [5.74, 6) is -0.632. The van der Waals surface area contributed by atoms with Crippen LogP contribution >= 0.6 is 0 Å². The number of anilines is 1. The second kappa shape index (κ2) is 9.01. The third kappa shape index (κ3) is 5.42. The molecular weight excluding hydrogens is 370 g/mol. The number of ketones is 1. The van der Waals surface area contributed by atoms with E-state index in [1.165, 1.54) is 13.8 Å². The van der Waals surface area contributed by atoms with E-state index in [1.54, 1.807) is 30.3 Å². The van der Waals surface area contributed by atoms with E-state index in [2.05, 4.69) is 5.32 Å². The zero-order chi connectivity index (χ0) is 20.8. The van der Waals surface area contributed by atoms with Crippen LogP contribution in [0.1, 0.15) is 24.2 Å². The molecule has 0 saturated carbocycles. The maximum absolute atomic E-state index is 12.2. The fourth-order valence-electron chi connectivity index (χ4n) is 2.72. The predicted molar refractivity (Wildman–Crippen MR) is 110 cm³/mol. The lowest BCUT2D eigenvalue weighted by molar-refractivity contribution is -0.155. The first-order valence-electron chi connectivity index (χ1n) is 9.15. The SMILES string of the molecule is CC(=O)c1ccc(NC(=O)[C@@H](C)OC(=O)COc2ccc3ccccc3c2)cc1. The lowest BCUT2D eigenvalue weighted by atomic mass is 10.1. The van der Waals surface area contributed by atoms with Gasteiger partial charge in [0.1, 0.15) is 5.75 Å². The van der Waals surface area contributed by atoms with Crippen LogP contribution in [0.3, 0.4) is 0 Å². The monoisotopic (exact) mass is 391 g/mol. The Hall–Kier alpha value is -3.67. The summed E-state index contributed by atoms with van der Waals surface area (Å²) < 4.78 is 10.6. The summed E-state index contributed by atoms with van der Waals surface area (Å²) in [5.41, 5.74) is 1.06. The summed E-state index contributed by atoms with van der Waals surface area (Å²) in [7, 11) is 0. The molecule has 0 aromatic heterocycles. The lowest BCUT2D eigenvalue weighted by Crippen LogP contribution is -2.31. The first-order chi connectivity index (χ1) is 13.9. The number of ether oxygens (including phenoxy) is 2. The number of nitrogens with one attached hydrogen (secondary N) is 1. The summed E-state index contributed by atoms with van der Waals surface area (Å²) in [6, 6.07) is 19.8. The van der Waals surface area contributed by atoms with Crippen molar-refractivity contribution in [1.29, 1.82) is 0 Å². The van der Waals surface area contributed by atoms with Gasteiger partial charge < -0.3 is 14.8 Å². The molecule has 0 bridgehead atoms. The molecule has 6 heteroatoms. The van der Waals surface area contributed by atoms with E-state index in [0.29, 0.717) is 17.0 Å². The molecule has 1 atom stereocenters. The van der Waals surface area contributed by atoms with Crippen LogP contribution in [0.4, 0.5) is 5.69 Å². The Morgan fingerprint density at radius 3 is 2.31 bits per heavy atom. The number of carbonyl (C=O) groups is 3. The van der Waals surface area contributed by atoms with Gasteiger partial charge in [0.25, 0.3) is 5.91 Å². The van der Waals surface area contributed by atoms with Gasteiger partial charge in [-0.3, -0.25) is 9.59 Å². The van der Waals surface area contributed by atoms with Crippen molar-refractivity contribution in [1.82, 2.24) is 0 Å². The smallest absolute Gasteiger partial charge is 0.344 e. The van der Waals surface area contributed by atoms with Crippen molar-refractivity contribution in [3.63, 3.8) is 0 Å². The fraction of sp³-hybridized carbons (Fsp3) is 0.174. The van der Waals surface area contributed by atoms with Gasteiger partial charge >= 0.3 is 5.97 Å². The van der Waals surface area contributed by atoms with E-state index in [-0.39, 0.29) is 12.4 Å². The molecule has 0 saturated heterocycles. The number of carbonyl (C=O) groups excluding carboxylic acids is 3. The van der Waals surface area contributed by atoms with Gasteiger partial charge in [-0.05, 0) is 61.0 Å². The Balaban J connectivity index is 1.49. The summed E-state index contributed by atoms with van der Waals surface area (Å²) in [6.45, 7) is 2.64. The third-order valence-electron chi connectivity index (χ3n) is 4.31. The molecule has 1 amide bonds. The summed E-state index contributed by atoms with van der Waals surface area (Å²) in [6.07, 6.45) is -0.991. The Morgan fingerprint density at radius 1 is 0.931 bits per heavy atom. The number of Topliss-reactive ketones (excluding diaryl/α,β-unsaturated/α-hetero) is 1. The van der Waals surface area contributed by atoms with Crippen LogP contribution in [0.15, 0.2) is 66.7 Å². The van der Waals surface area contributed by atoms with Gasteiger partial charge in [-0.1, -0.05) is 30.3 Å². The second-order valence-corrected chi connectivity index (χ2v) is 6.55. The van der Waals surface area contributed by atoms with Crippen LogP contribution in [0.2, 0.25) is 0 Å². The topological polar surface area (TPSA) is 81.7 Å². The molecule has 3 aromatic rings. The van der Waals surface area contributed by atoms with Gasteiger partial charge in [-0.25, -0.2) is 4.79 Å². The third-order valence-corrected chi connectivity index (χ3v) is 4.31. The number of rotatable bonds is 7. The standard InChI is InChI=1S/C23H21NO5/c1-15(25)17-7-10-20(11-8-17)24-23(27)16(2)29-22(26)14-28-21-12-9-18-5-3-4-6-19(18)13-21/h3-13,16H,14H2,1-2H3,(H,24,27)/t16-/m1/s1. The van der Waals surface area contributed by atoms with Crippen molar-refractivity contribution in [2.45, 2.75) is 20.0 Å². The minimum absolute atomic E-state index is 0.0587. The van der Waals surface area contributed by atoms with E-state index in [4.69, 9.17) is 9.47 Å². The molecule has 29 heavy (non-hydrogen) atoms. The number of amides is 1. The van der Waals surface area contributed by atoms with Crippen LogP contribution in [-0.4, -0.2) is 30.4 Å². The second-order valence-electron chi connectivity index (χ2n) is 6.55. The Labute approximate surface area is 168 Å². The van der Waals surface area contributed by atoms with E-state index in [0.717, 1.165) is 10.8 Å². The average Bonchev–Trinajstić information content (AvgIpc) is 2.72. The van der Waals surface area contributed by atoms with Crippen LogP contribution < -0.4 is 10.1 Å². The van der Waals surface area contributed by atoms with Crippen molar-refractivity contribution >= 4 is 34.1 Å². The largest absolute Gasteiger partial charge is 0.482 e. The molecule has 6 nitrogen and oxygen atoms in total. The van der Waals surface area contributed by atoms with Crippen molar-refractivity contribution < 1.29 is 23.9 Å². The van der Waals surface area contributed by atoms with Gasteiger partial charge in [-0.15, -0.1) is 0 Å². The maximum atomic E-state index is 12.2. The highest BCUT2D eigenvalue weighted by atomic mass is 16.6. The minimum atomic E-state index is -0.991. The number of hydrogen-bond acceptors (Lipinski definition) is 5. The highest BCUT2D eigenvalue weighted by molar-refractivity contribution is 5.97. The maximum Gasteiger partial charge on any atom is 0.344 e. The highest BCUT2D eigenvalue weighted by Gasteiger charge is 2.18. The molecule has 148 valence electrons. The number of esters is 1. The summed E-state index contributed by atoms with van der Waals surface area (Å²) in [4.78, 5) is 35.5. The van der Waals surface area contributed by atoms with E-state index < -0.39 is 18.0 Å². The lowest BCUT2D eigenvalue weighted by Gasteiger charge is -2.14. The molecule has 0 radical (unpaired) electrons. The van der Waals surface area contributed by atoms with Gasteiger partial charge in [0.2, 0.25) is 0 Å². The number of benzene rings is 3. The molecule has 0 fully saturated rings. The van der Waals surface area contributed by atoms with Crippen LogP contribution in [-0.2, 0) is 14.3 Å². The Kier molecular flexibility index (Phi) is 6.24. The van der Waals surface area contributed by atoms with Crippen LogP contribution in [0.5, 0.6) is 5.75 Å². The van der Waals surface area contributed by atoms with Gasteiger partial charge in [0, 0.05) is 11.3 Å². The average molecular weight is 391 g/mol. The van der Waals surface area contributed by atoms with Gasteiger partial charge in [0.15, 0.2) is 18.5 Å². The summed E-state index contributed by atoms with van der Waals surface area (Å²) >= 11 is 0. The van der Waals surface area contributed by atoms with Crippen molar-refractivity contribution in [3.8, 4) is 5.75 Å². The molecule has 0 aliphatic heterocycles. The molecule has 0 heterocycles.